The average molecular weight is 204 g/mol. The summed E-state index contributed by atoms with van der Waals surface area (Å²) >= 11 is 0. The molecule has 1 N–H and O–H groups in total. The lowest BCUT2D eigenvalue weighted by atomic mass is 9.63. The van der Waals surface area contributed by atoms with Crippen molar-refractivity contribution in [2.75, 3.05) is 6.61 Å². The second-order valence-electron chi connectivity index (χ2n) is 5.07. The Morgan fingerprint density at radius 2 is 1.67 bits per heavy atom. The summed E-state index contributed by atoms with van der Waals surface area (Å²) in [6.45, 7) is 6.78. The highest BCUT2D eigenvalue weighted by atomic mass is 16.3. The number of benzene rings is 1. The molecule has 0 spiro atoms. The predicted octanol–water partition coefficient (Wildman–Crippen LogP) is 3.03. The maximum absolute atomic E-state index is 9.61. The molecule has 0 heterocycles. The van der Waals surface area contributed by atoms with Gasteiger partial charge < -0.3 is 5.11 Å². The zero-order valence-electron chi connectivity index (χ0n) is 9.93. The Labute approximate surface area is 92.1 Å². The molecule has 0 amide bonds. The van der Waals surface area contributed by atoms with Gasteiger partial charge in [0.1, 0.15) is 0 Å². The Morgan fingerprint density at radius 3 is 2.00 bits per heavy atom. The van der Waals surface area contributed by atoms with Gasteiger partial charge in [0.05, 0.1) is 6.61 Å². The van der Waals surface area contributed by atoms with Gasteiger partial charge >= 0.3 is 0 Å². The summed E-state index contributed by atoms with van der Waals surface area (Å²) in [5, 5.41) is 9.61. The molecule has 0 bridgehead atoms. The number of hydrogen-bond acceptors (Lipinski definition) is 1. The summed E-state index contributed by atoms with van der Waals surface area (Å²) in [6, 6.07) is 4.47. The smallest absolute Gasteiger partial charge is 0.0528 e. The van der Waals surface area contributed by atoms with Crippen LogP contribution in [0.1, 0.15) is 41.5 Å². The van der Waals surface area contributed by atoms with Crippen LogP contribution in [0.3, 0.4) is 0 Å². The van der Waals surface area contributed by atoms with Gasteiger partial charge in [0, 0.05) is 5.41 Å². The molecule has 0 aliphatic heterocycles. The summed E-state index contributed by atoms with van der Waals surface area (Å²) in [7, 11) is 0. The minimum absolute atomic E-state index is 0.0852. The van der Waals surface area contributed by atoms with Gasteiger partial charge in [-0.05, 0) is 50.3 Å². The second kappa shape index (κ2) is 3.64. The van der Waals surface area contributed by atoms with Gasteiger partial charge in [-0.25, -0.2) is 0 Å². The first-order chi connectivity index (χ1) is 7.09. The van der Waals surface area contributed by atoms with E-state index in [9.17, 15) is 5.11 Å². The summed E-state index contributed by atoms with van der Waals surface area (Å²) in [6.07, 6.45) is 3.55. The van der Waals surface area contributed by atoms with Crippen molar-refractivity contribution in [3.8, 4) is 0 Å². The van der Waals surface area contributed by atoms with Crippen LogP contribution < -0.4 is 0 Å². The Morgan fingerprint density at radius 1 is 1.13 bits per heavy atom. The van der Waals surface area contributed by atoms with Crippen molar-refractivity contribution >= 4 is 0 Å². The minimum atomic E-state index is 0.0852. The van der Waals surface area contributed by atoms with Gasteiger partial charge in [-0.1, -0.05) is 24.1 Å². The summed E-state index contributed by atoms with van der Waals surface area (Å²) < 4.78 is 0. The van der Waals surface area contributed by atoms with Crippen molar-refractivity contribution in [2.24, 2.45) is 0 Å². The van der Waals surface area contributed by atoms with E-state index in [1.54, 1.807) is 0 Å². The largest absolute Gasteiger partial charge is 0.395 e. The van der Waals surface area contributed by atoms with Crippen molar-refractivity contribution < 1.29 is 5.11 Å². The van der Waals surface area contributed by atoms with Gasteiger partial charge in [-0.2, -0.15) is 0 Å². The Balaban J connectivity index is 2.52. The Hall–Kier alpha value is -0.820. The van der Waals surface area contributed by atoms with Crippen LogP contribution in [0.15, 0.2) is 12.1 Å². The molecular formula is C14H20O. The van der Waals surface area contributed by atoms with Crippen molar-refractivity contribution in [1.29, 1.82) is 0 Å². The van der Waals surface area contributed by atoms with E-state index in [-0.39, 0.29) is 5.41 Å². The fourth-order valence-electron chi connectivity index (χ4n) is 3.11. The maximum atomic E-state index is 9.61. The predicted molar refractivity (Wildman–Crippen MR) is 63.3 cm³/mol. The third-order valence-corrected chi connectivity index (χ3v) is 3.82. The van der Waals surface area contributed by atoms with E-state index in [0.717, 1.165) is 12.8 Å². The first-order valence-electron chi connectivity index (χ1n) is 5.78. The van der Waals surface area contributed by atoms with Crippen molar-refractivity contribution in [2.45, 2.75) is 45.4 Å². The van der Waals surface area contributed by atoms with Gasteiger partial charge in [-0.15, -0.1) is 0 Å². The number of rotatable bonds is 2. The van der Waals surface area contributed by atoms with E-state index in [1.165, 1.54) is 28.7 Å². The molecule has 1 saturated carbocycles. The molecule has 1 fully saturated rings. The van der Waals surface area contributed by atoms with Crippen LogP contribution in [-0.2, 0) is 5.41 Å². The summed E-state index contributed by atoms with van der Waals surface area (Å²) in [5.41, 5.74) is 5.51. The van der Waals surface area contributed by atoms with E-state index >= 15 is 0 Å². The molecule has 0 atom stereocenters. The van der Waals surface area contributed by atoms with Crippen molar-refractivity contribution in [3.05, 3.63) is 34.4 Å². The highest BCUT2D eigenvalue weighted by Crippen LogP contribution is 2.45. The van der Waals surface area contributed by atoms with Crippen LogP contribution in [-0.4, -0.2) is 11.7 Å². The van der Waals surface area contributed by atoms with Crippen LogP contribution in [0.25, 0.3) is 0 Å². The molecule has 0 radical (unpaired) electrons. The fraction of sp³-hybridized carbons (Fsp3) is 0.571. The number of aryl methyl sites for hydroxylation is 3. The molecule has 1 nitrogen and oxygen atoms in total. The van der Waals surface area contributed by atoms with Crippen LogP contribution in [0, 0.1) is 20.8 Å². The molecule has 1 aliphatic rings. The summed E-state index contributed by atoms with van der Waals surface area (Å²) in [5.74, 6) is 0. The van der Waals surface area contributed by atoms with Gasteiger partial charge in [0.2, 0.25) is 0 Å². The molecule has 0 unspecified atom stereocenters. The van der Waals surface area contributed by atoms with E-state index in [2.05, 4.69) is 32.9 Å². The summed E-state index contributed by atoms with van der Waals surface area (Å²) in [4.78, 5) is 0. The normalized spacial score (nSPS) is 18.7. The van der Waals surface area contributed by atoms with Gasteiger partial charge in [-0.3, -0.25) is 0 Å². The molecule has 82 valence electrons. The number of hydrogen-bond donors (Lipinski definition) is 1. The van der Waals surface area contributed by atoms with Crippen molar-refractivity contribution in [3.63, 3.8) is 0 Å². The zero-order chi connectivity index (χ0) is 11.1. The monoisotopic (exact) mass is 204 g/mol. The minimum Gasteiger partial charge on any atom is -0.395 e. The third kappa shape index (κ3) is 1.59. The average Bonchev–Trinajstić information content (AvgIpc) is 2.07. The van der Waals surface area contributed by atoms with E-state index in [4.69, 9.17) is 0 Å². The lowest BCUT2D eigenvalue weighted by Crippen LogP contribution is -2.39. The van der Waals surface area contributed by atoms with Crippen molar-refractivity contribution in [1.82, 2.24) is 0 Å². The SMILES string of the molecule is Cc1cc(C)c(C2(CO)CCC2)c(C)c1. The Bertz CT molecular complexity index is 346. The number of aliphatic hydroxyl groups excluding tert-OH is 1. The molecule has 15 heavy (non-hydrogen) atoms. The topological polar surface area (TPSA) is 20.2 Å². The lowest BCUT2D eigenvalue weighted by molar-refractivity contribution is 0.119. The van der Waals surface area contributed by atoms with Crippen LogP contribution >= 0.6 is 0 Å². The highest BCUT2D eigenvalue weighted by Gasteiger charge is 2.39. The molecular weight excluding hydrogens is 184 g/mol. The Kier molecular flexibility index (Phi) is 2.59. The molecule has 1 aliphatic carbocycles. The van der Waals surface area contributed by atoms with Crippen LogP contribution in [0.4, 0.5) is 0 Å². The fourth-order valence-corrected chi connectivity index (χ4v) is 3.11. The first kappa shape index (κ1) is 10.7. The van der Waals surface area contributed by atoms with Gasteiger partial charge in [0.15, 0.2) is 0 Å². The standard InChI is InChI=1S/C14H20O/c1-10-7-11(2)13(12(3)8-10)14(9-15)5-4-6-14/h7-8,15H,4-6,9H2,1-3H3. The molecule has 1 heteroatoms. The third-order valence-electron chi connectivity index (χ3n) is 3.82. The second-order valence-corrected chi connectivity index (χ2v) is 5.07. The molecule has 2 rings (SSSR count). The first-order valence-corrected chi connectivity index (χ1v) is 5.78. The van der Waals surface area contributed by atoms with Crippen LogP contribution in [0.5, 0.6) is 0 Å². The number of aliphatic hydroxyl groups is 1. The van der Waals surface area contributed by atoms with E-state index in [1.807, 2.05) is 0 Å². The zero-order valence-corrected chi connectivity index (χ0v) is 9.93. The van der Waals surface area contributed by atoms with E-state index in [0.29, 0.717) is 6.61 Å². The molecule has 1 aromatic rings. The quantitative estimate of drug-likeness (QED) is 0.785. The lowest BCUT2D eigenvalue weighted by Gasteiger charge is -2.43. The molecule has 0 aromatic heterocycles. The molecule has 1 aromatic carbocycles. The van der Waals surface area contributed by atoms with E-state index < -0.39 is 0 Å². The molecule has 0 saturated heterocycles. The maximum Gasteiger partial charge on any atom is 0.0528 e. The van der Waals surface area contributed by atoms with Gasteiger partial charge in [0.25, 0.3) is 0 Å². The van der Waals surface area contributed by atoms with Crippen LogP contribution in [0.2, 0.25) is 0 Å². The highest BCUT2D eigenvalue weighted by molar-refractivity contribution is 5.44.